The molecule has 28 heavy (non-hydrogen) atoms. The molecule has 0 unspecified atom stereocenters. The molecule has 0 radical (unpaired) electrons. The van der Waals surface area contributed by atoms with Gasteiger partial charge in [-0.1, -0.05) is 53.6 Å². The first-order chi connectivity index (χ1) is 13.8. The summed E-state index contributed by atoms with van der Waals surface area (Å²) in [5.41, 5.74) is 2.23. The summed E-state index contributed by atoms with van der Waals surface area (Å²) in [6, 6.07) is 20.2. The van der Waals surface area contributed by atoms with Crippen molar-refractivity contribution in [2.24, 2.45) is 5.92 Å². The molecule has 1 saturated heterocycles. The van der Waals surface area contributed by atoms with Crippen molar-refractivity contribution in [2.75, 3.05) is 25.0 Å². The second-order valence-corrected chi connectivity index (χ2v) is 7.12. The van der Waals surface area contributed by atoms with Gasteiger partial charge in [0.05, 0.1) is 12.2 Å². The molecule has 4 rings (SSSR count). The van der Waals surface area contributed by atoms with Gasteiger partial charge in [0.1, 0.15) is 0 Å². The van der Waals surface area contributed by atoms with E-state index in [2.05, 4.69) is 45.1 Å². The molecule has 2 heterocycles. The maximum atomic E-state index is 12.6. The third kappa shape index (κ3) is 4.36. The molecule has 144 valence electrons. The van der Waals surface area contributed by atoms with Crippen LogP contribution in [0.3, 0.4) is 0 Å². The van der Waals surface area contributed by atoms with Gasteiger partial charge in [0.15, 0.2) is 0 Å². The molecule has 0 spiro atoms. The van der Waals surface area contributed by atoms with Crippen molar-refractivity contribution in [2.45, 2.75) is 19.3 Å². The molecule has 1 aliphatic rings. The Labute approximate surface area is 164 Å². The quantitative estimate of drug-likeness (QED) is 0.716. The van der Waals surface area contributed by atoms with Crippen LogP contribution in [0.15, 0.2) is 60.7 Å². The SMILES string of the molecule is O=C(CNc1nnnn1-c1ccccc1)N1CCC(Cc2ccccc2)CC1. The summed E-state index contributed by atoms with van der Waals surface area (Å²) in [6.45, 7) is 1.81. The number of hydrogen-bond acceptors (Lipinski definition) is 5. The first kappa shape index (κ1) is 18.2. The van der Waals surface area contributed by atoms with Crippen LogP contribution >= 0.6 is 0 Å². The van der Waals surface area contributed by atoms with E-state index in [1.54, 1.807) is 4.68 Å². The van der Waals surface area contributed by atoms with Crippen LogP contribution in [0.25, 0.3) is 5.69 Å². The molecule has 0 atom stereocenters. The van der Waals surface area contributed by atoms with E-state index in [1.807, 2.05) is 41.3 Å². The van der Waals surface area contributed by atoms with E-state index in [0.717, 1.165) is 38.0 Å². The Hall–Kier alpha value is -3.22. The number of nitrogens with zero attached hydrogens (tertiary/aromatic N) is 5. The maximum absolute atomic E-state index is 12.6. The number of amides is 1. The molecule has 3 aromatic rings. The summed E-state index contributed by atoms with van der Waals surface area (Å²) in [4.78, 5) is 14.5. The predicted octanol–water partition coefficient (Wildman–Crippen LogP) is 2.56. The lowest BCUT2D eigenvalue weighted by Crippen LogP contribution is -2.41. The number of piperidine rings is 1. The summed E-state index contributed by atoms with van der Waals surface area (Å²) < 4.78 is 1.60. The van der Waals surface area contributed by atoms with Gasteiger partial charge in [0.25, 0.3) is 0 Å². The second kappa shape index (κ2) is 8.65. The van der Waals surface area contributed by atoms with E-state index in [-0.39, 0.29) is 12.5 Å². The van der Waals surface area contributed by atoms with Crippen molar-refractivity contribution >= 4 is 11.9 Å². The molecule has 7 nitrogen and oxygen atoms in total. The van der Waals surface area contributed by atoms with Gasteiger partial charge < -0.3 is 10.2 Å². The van der Waals surface area contributed by atoms with E-state index < -0.39 is 0 Å². The number of hydrogen-bond donors (Lipinski definition) is 1. The van der Waals surface area contributed by atoms with Crippen LogP contribution in [0.1, 0.15) is 18.4 Å². The van der Waals surface area contributed by atoms with E-state index in [0.29, 0.717) is 11.9 Å². The van der Waals surface area contributed by atoms with Gasteiger partial charge in [0.2, 0.25) is 11.9 Å². The van der Waals surface area contributed by atoms with E-state index in [9.17, 15) is 4.79 Å². The molecular formula is C21H24N6O. The van der Waals surface area contributed by atoms with Crippen LogP contribution in [-0.2, 0) is 11.2 Å². The molecule has 1 aromatic heterocycles. The molecule has 1 aliphatic heterocycles. The summed E-state index contributed by atoms with van der Waals surface area (Å²) >= 11 is 0. The largest absolute Gasteiger partial charge is 0.344 e. The number of carbonyl (C=O) groups is 1. The smallest absolute Gasteiger partial charge is 0.248 e. The molecule has 2 aromatic carbocycles. The Morgan fingerprint density at radius 1 is 1.00 bits per heavy atom. The topological polar surface area (TPSA) is 75.9 Å². The van der Waals surface area contributed by atoms with Gasteiger partial charge in [-0.25, -0.2) is 0 Å². The van der Waals surface area contributed by atoms with Crippen LogP contribution < -0.4 is 5.32 Å². The van der Waals surface area contributed by atoms with Crippen molar-refractivity contribution in [3.63, 3.8) is 0 Å². The summed E-state index contributed by atoms with van der Waals surface area (Å²) in [5.74, 6) is 1.20. The normalized spacial score (nSPS) is 14.8. The van der Waals surface area contributed by atoms with Crippen LogP contribution in [-0.4, -0.2) is 50.6 Å². The van der Waals surface area contributed by atoms with Gasteiger partial charge in [-0.2, -0.15) is 4.68 Å². The van der Waals surface area contributed by atoms with Crippen molar-refractivity contribution in [3.05, 3.63) is 66.2 Å². The molecule has 7 heteroatoms. The van der Waals surface area contributed by atoms with Crippen molar-refractivity contribution < 1.29 is 4.79 Å². The molecule has 1 N–H and O–H groups in total. The predicted molar refractivity (Wildman–Crippen MR) is 107 cm³/mol. The summed E-state index contributed by atoms with van der Waals surface area (Å²) in [7, 11) is 0. The van der Waals surface area contributed by atoms with Crippen molar-refractivity contribution in [1.82, 2.24) is 25.1 Å². The van der Waals surface area contributed by atoms with Gasteiger partial charge in [-0.05, 0) is 53.3 Å². The van der Waals surface area contributed by atoms with E-state index >= 15 is 0 Å². The Balaban J connectivity index is 1.27. The van der Waals surface area contributed by atoms with Gasteiger partial charge in [-0.15, -0.1) is 0 Å². The van der Waals surface area contributed by atoms with Crippen molar-refractivity contribution in [3.8, 4) is 5.69 Å². The number of likely N-dealkylation sites (tertiary alicyclic amines) is 1. The number of benzene rings is 2. The Bertz CT molecular complexity index is 888. The van der Waals surface area contributed by atoms with Gasteiger partial charge >= 0.3 is 0 Å². The molecule has 1 fully saturated rings. The first-order valence-electron chi connectivity index (χ1n) is 9.69. The van der Waals surface area contributed by atoms with Crippen LogP contribution in [0, 0.1) is 5.92 Å². The fourth-order valence-corrected chi connectivity index (χ4v) is 3.64. The highest BCUT2D eigenvalue weighted by atomic mass is 16.2. The molecular weight excluding hydrogens is 352 g/mol. The number of aromatic nitrogens is 4. The number of carbonyl (C=O) groups excluding carboxylic acids is 1. The highest BCUT2D eigenvalue weighted by molar-refractivity contribution is 5.80. The molecule has 1 amide bonds. The standard InChI is InChI=1S/C21H24N6O/c28-20(16-22-21-23-24-25-27(21)19-9-5-2-6-10-19)26-13-11-18(12-14-26)15-17-7-3-1-4-8-17/h1-10,18H,11-16H2,(H,22,23,25). The Morgan fingerprint density at radius 2 is 1.68 bits per heavy atom. The summed E-state index contributed by atoms with van der Waals surface area (Å²) in [6.07, 6.45) is 3.18. The Morgan fingerprint density at radius 3 is 2.39 bits per heavy atom. The van der Waals surface area contributed by atoms with E-state index in [4.69, 9.17) is 0 Å². The third-order valence-corrected chi connectivity index (χ3v) is 5.20. The lowest BCUT2D eigenvalue weighted by Gasteiger charge is -2.32. The highest BCUT2D eigenvalue weighted by Crippen LogP contribution is 2.21. The fourth-order valence-electron chi connectivity index (χ4n) is 3.64. The average molecular weight is 376 g/mol. The third-order valence-electron chi connectivity index (χ3n) is 5.20. The number of nitrogens with one attached hydrogen (secondary N) is 1. The van der Waals surface area contributed by atoms with Crippen LogP contribution in [0.4, 0.5) is 5.95 Å². The number of rotatable bonds is 6. The minimum atomic E-state index is 0.0840. The Kier molecular flexibility index (Phi) is 5.61. The fraction of sp³-hybridized carbons (Fsp3) is 0.333. The first-order valence-corrected chi connectivity index (χ1v) is 9.69. The average Bonchev–Trinajstić information content (AvgIpc) is 3.23. The zero-order valence-electron chi connectivity index (χ0n) is 15.7. The van der Waals surface area contributed by atoms with Crippen LogP contribution in [0.2, 0.25) is 0 Å². The number of para-hydroxylation sites is 1. The lowest BCUT2D eigenvalue weighted by molar-refractivity contribution is -0.130. The number of tetrazole rings is 1. The molecule has 0 aliphatic carbocycles. The monoisotopic (exact) mass is 376 g/mol. The van der Waals surface area contributed by atoms with Gasteiger partial charge in [0, 0.05) is 13.1 Å². The van der Waals surface area contributed by atoms with E-state index in [1.165, 1.54) is 5.56 Å². The molecule has 0 bridgehead atoms. The van der Waals surface area contributed by atoms with Crippen molar-refractivity contribution in [1.29, 1.82) is 0 Å². The van der Waals surface area contributed by atoms with Gasteiger partial charge in [-0.3, -0.25) is 4.79 Å². The maximum Gasteiger partial charge on any atom is 0.248 e. The minimum absolute atomic E-state index is 0.0840. The highest BCUT2D eigenvalue weighted by Gasteiger charge is 2.23. The number of anilines is 1. The second-order valence-electron chi connectivity index (χ2n) is 7.12. The lowest BCUT2D eigenvalue weighted by atomic mass is 9.90. The molecule has 0 saturated carbocycles. The zero-order chi connectivity index (χ0) is 19.2. The minimum Gasteiger partial charge on any atom is -0.344 e. The zero-order valence-corrected chi connectivity index (χ0v) is 15.7. The van der Waals surface area contributed by atoms with Crippen LogP contribution in [0.5, 0.6) is 0 Å². The summed E-state index contributed by atoms with van der Waals surface area (Å²) in [5, 5.41) is 14.8.